The molecule has 23 heavy (non-hydrogen) atoms. The number of morpholine rings is 1. The van der Waals surface area contributed by atoms with Gasteiger partial charge in [0.2, 0.25) is 0 Å². The van der Waals surface area contributed by atoms with Crippen molar-refractivity contribution in [1.29, 1.82) is 0 Å². The smallest absolute Gasteiger partial charge is 0.331 e. The van der Waals surface area contributed by atoms with Crippen LogP contribution in [0.1, 0.15) is 0 Å². The molecule has 7 heteroatoms. The number of fused-ring (bicyclic) bond motifs is 1. The molecule has 0 atom stereocenters. The van der Waals surface area contributed by atoms with E-state index < -0.39 is 0 Å². The molecule has 0 saturated carbocycles. The zero-order chi connectivity index (χ0) is 16.2. The molecular formula is C16H21N3O4. The largest absolute Gasteiger partial charge is 0.395 e. The van der Waals surface area contributed by atoms with Gasteiger partial charge in [0.25, 0.3) is 5.56 Å². The highest BCUT2D eigenvalue weighted by molar-refractivity contribution is 5.77. The Morgan fingerprint density at radius 3 is 2.48 bits per heavy atom. The van der Waals surface area contributed by atoms with E-state index in [4.69, 9.17) is 9.84 Å². The van der Waals surface area contributed by atoms with Gasteiger partial charge < -0.3 is 9.84 Å². The van der Waals surface area contributed by atoms with Gasteiger partial charge in [-0.05, 0) is 12.1 Å². The summed E-state index contributed by atoms with van der Waals surface area (Å²) in [5.41, 5.74) is -0.0665. The third kappa shape index (κ3) is 3.21. The summed E-state index contributed by atoms with van der Waals surface area (Å²) in [5, 5.41) is 9.64. The second-order valence-corrected chi connectivity index (χ2v) is 5.59. The second-order valence-electron chi connectivity index (χ2n) is 5.59. The molecule has 1 saturated heterocycles. The lowest BCUT2D eigenvalue weighted by Gasteiger charge is -2.27. The van der Waals surface area contributed by atoms with Crippen LogP contribution in [0.5, 0.6) is 0 Å². The fourth-order valence-corrected chi connectivity index (χ4v) is 2.95. The molecule has 3 rings (SSSR count). The molecule has 2 aromatic rings. The topological polar surface area (TPSA) is 76.7 Å². The van der Waals surface area contributed by atoms with E-state index in [-0.39, 0.29) is 24.4 Å². The van der Waals surface area contributed by atoms with Crippen LogP contribution in [0.4, 0.5) is 0 Å². The SMILES string of the molecule is O=c1c2ccccc2n(CCN2CCOCC2)c(=O)n1CCO. The van der Waals surface area contributed by atoms with E-state index in [0.29, 0.717) is 30.7 Å². The fraction of sp³-hybridized carbons (Fsp3) is 0.500. The number of ether oxygens (including phenoxy) is 1. The van der Waals surface area contributed by atoms with Crippen LogP contribution < -0.4 is 11.2 Å². The van der Waals surface area contributed by atoms with Crippen molar-refractivity contribution in [2.75, 3.05) is 39.5 Å². The van der Waals surface area contributed by atoms with Gasteiger partial charge in [-0.2, -0.15) is 0 Å². The monoisotopic (exact) mass is 319 g/mol. The minimum atomic E-state index is -0.365. The van der Waals surface area contributed by atoms with Gasteiger partial charge in [0.1, 0.15) is 0 Å². The van der Waals surface area contributed by atoms with Crippen LogP contribution >= 0.6 is 0 Å². The van der Waals surface area contributed by atoms with Gasteiger partial charge in [-0.3, -0.25) is 18.8 Å². The highest BCUT2D eigenvalue weighted by Gasteiger charge is 2.15. The average molecular weight is 319 g/mol. The number of benzene rings is 1. The highest BCUT2D eigenvalue weighted by atomic mass is 16.5. The summed E-state index contributed by atoms with van der Waals surface area (Å²) >= 11 is 0. The molecular weight excluding hydrogens is 298 g/mol. The van der Waals surface area contributed by atoms with E-state index in [1.165, 1.54) is 0 Å². The lowest BCUT2D eigenvalue weighted by molar-refractivity contribution is 0.0363. The molecule has 124 valence electrons. The number of hydrogen-bond acceptors (Lipinski definition) is 5. The Labute approximate surface area is 133 Å². The predicted octanol–water partition coefficient (Wildman–Crippen LogP) is -0.512. The number of hydrogen-bond donors (Lipinski definition) is 1. The van der Waals surface area contributed by atoms with Gasteiger partial charge in [-0.25, -0.2) is 4.79 Å². The first kappa shape index (κ1) is 15.9. The summed E-state index contributed by atoms with van der Waals surface area (Å²) in [6.45, 7) is 4.12. The maximum atomic E-state index is 12.6. The molecule has 7 nitrogen and oxygen atoms in total. The van der Waals surface area contributed by atoms with Crippen molar-refractivity contribution < 1.29 is 9.84 Å². The number of rotatable bonds is 5. The first-order valence-corrected chi connectivity index (χ1v) is 7.85. The van der Waals surface area contributed by atoms with Crippen LogP contribution in [0.3, 0.4) is 0 Å². The summed E-state index contributed by atoms with van der Waals surface area (Å²) in [6.07, 6.45) is 0. The Bertz CT molecular complexity index is 790. The van der Waals surface area contributed by atoms with Crippen molar-refractivity contribution in [1.82, 2.24) is 14.0 Å². The van der Waals surface area contributed by atoms with Crippen molar-refractivity contribution in [2.45, 2.75) is 13.1 Å². The molecule has 0 bridgehead atoms. The van der Waals surface area contributed by atoms with E-state index >= 15 is 0 Å². The lowest BCUT2D eigenvalue weighted by atomic mass is 10.2. The van der Waals surface area contributed by atoms with Gasteiger partial charge in [-0.1, -0.05) is 12.1 Å². The molecule has 1 N–H and O–H groups in total. The van der Waals surface area contributed by atoms with Gasteiger partial charge in [-0.15, -0.1) is 0 Å². The number of aromatic nitrogens is 2. The molecule has 0 spiro atoms. The molecule has 1 aliphatic heterocycles. The predicted molar refractivity (Wildman–Crippen MR) is 86.8 cm³/mol. The number of nitrogens with zero attached hydrogens (tertiary/aromatic N) is 3. The summed E-state index contributed by atoms with van der Waals surface area (Å²) in [5.74, 6) is 0. The van der Waals surface area contributed by atoms with Crippen molar-refractivity contribution in [3.63, 3.8) is 0 Å². The quantitative estimate of drug-likeness (QED) is 0.803. The van der Waals surface area contributed by atoms with Gasteiger partial charge in [0, 0.05) is 26.2 Å². The van der Waals surface area contributed by atoms with Gasteiger partial charge >= 0.3 is 5.69 Å². The van der Waals surface area contributed by atoms with Crippen molar-refractivity contribution in [3.8, 4) is 0 Å². The average Bonchev–Trinajstić information content (AvgIpc) is 2.59. The molecule has 1 fully saturated rings. The van der Waals surface area contributed by atoms with E-state index in [0.717, 1.165) is 24.2 Å². The maximum absolute atomic E-state index is 12.6. The number of para-hydroxylation sites is 1. The Morgan fingerprint density at radius 1 is 1.00 bits per heavy atom. The molecule has 2 heterocycles. The Balaban J connectivity index is 2.00. The molecule has 1 aromatic carbocycles. The van der Waals surface area contributed by atoms with Crippen LogP contribution in [0.15, 0.2) is 33.9 Å². The van der Waals surface area contributed by atoms with Crippen molar-refractivity contribution in [3.05, 3.63) is 45.1 Å². The number of aliphatic hydroxyl groups is 1. The van der Waals surface area contributed by atoms with E-state index in [1.807, 2.05) is 6.07 Å². The van der Waals surface area contributed by atoms with Crippen LogP contribution in [0.2, 0.25) is 0 Å². The summed E-state index contributed by atoms with van der Waals surface area (Å²) in [6, 6.07) is 7.11. The van der Waals surface area contributed by atoms with E-state index in [2.05, 4.69) is 4.90 Å². The first-order valence-electron chi connectivity index (χ1n) is 7.85. The molecule has 0 unspecified atom stereocenters. The summed E-state index contributed by atoms with van der Waals surface area (Å²) in [4.78, 5) is 27.3. The summed E-state index contributed by atoms with van der Waals surface area (Å²) in [7, 11) is 0. The summed E-state index contributed by atoms with van der Waals surface area (Å²) < 4.78 is 8.07. The van der Waals surface area contributed by atoms with Crippen LogP contribution in [0, 0.1) is 0 Å². The third-order valence-electron chi connectivity index (χ3n) is 4.20. The van der Waals surface area contributed by atoms with Crippen LogP contribution in [-0.2, 0) is 17.8 Å². The molecule has 0 amide bonds. The first-order chi connectivity index (χ1) is 11.2. The van der Waals surface area contributed by atoms with E-state index in [1.54, 1.807) is 22.8 Å². The lowest BCUT2D eigenvalue weighted by Crippen LogP contribution is -2.44. The molecule has 0 aliphatic carbocycles. The molecule has 1 aliphatic rings. The van der Waals surface area contributed by atoms with Crippen LogP contribution in [-0.4, -0.2) is 58.6 Å². The highest BCUT2D eigenvalue weighted by Crippen LogP contribution is 2.08. The van der Waals surface area contributed by atoms with E-state index in [9.17, 15) is 9.59 Å². The number of aliphatic hydroxyl groups excluding tert-OH is 1. The maximum Gasteiger partial charge on any atom is 0.331 e. The van der Waals surface area contributed by atoms with Gasteiger partial charge in [0.05, 0.1) is 37.3 Å². The molecule has 1 aromatic heterocycles. The Morgan fingerprint density at radius 2 is 1.74 bits per heavy atom. The zero-order valence-electron chi connectivity index (χ0n) is 13.0. The van der Waals surface area contributed by atoms with Crippen molar-refractivity contribution in [2.24, 2.45) is 0 Å². The zero-order valence-corrected chi connectivity index (χ0v) is 13.0. The Kier molecular flexibility index (Phi) is 4.90. The standard InChI is InChI=1S/C16H21N3O4/c20-10-7-19-15(21)13-3-1-2-4-14(13)18(16(19)22)6-5-17-8-11-23-12-9-17/h1-4,20H,5-12H2. The minimum absolute atomic E-state index is 0.0139. The third-order valence-corrected chi connectivity index (χ3v) is 4.20. The minimum Gasteiger partial charge on any atom is -0.395 e. The normalized spacial score (nSPS) is 16.0. The second kappa shape index (κ2) is 7.08. The van der Waals surface area contributed by atoms with Crippen molar-refractivity contribution >= 4 is 10.9 Å². The fourth-order valence-electron chi connectivity index (χ4n) is 2.95. The van der Waals surface area contributed by atoms with Gasteiger partial charge in [0.15, 0.2) is 0 Å². The molecule has 0 radical (unpaired) electrons. The van der Waals surface area contributed by atoms with Crippen LogP contribution in [0.25, 0.3) is 10.9 Å². The Hall–Kier alpha value is -1.96.